The van der Waals surface area contributed by atoms with Crippen LogP contribution in [0.5, 0.6) is 5.75 Å². The molecule has 4 heterocycles. The molecule has 11 nitrogen and oxygen atoms in total. The Balaban J connectivity index is 0.966. The number of carbonyl (C=O) groups excluding carboxylic acids is 4. The molecule has 4 amide bonds. The van der Waals surface area contributed by atoms with Gasteiger partial charge in [0.05, 0.1) is 42.4 Å². The SMILES string of the molecule is COc1ccc(-c2cnn(C3CC(CCCNc4ccc5c(c4)C(=O)N(C4CCC(=O)NC4=O)C5=O)C3)c2)nc1. The Morgan fingerprint density at radius 2 is 1.88 bits per heavy atom. The fourth-order valence-electron chi connectivity index (χ4n) is 5.70. The van der Waals surface area contributed by atoms with E-state index in [1.807, 2.05) is 23.0 Å². The number of imide groups is 2. The minimum Gasteiger partial charge on any atom is -0.495 e. The zero-order valence-corrected chi connectivity index (χ0v) is 22.1. The molecule has 1 saturated carbocycles. The number of benzene rings is 1. The summed E-state index contributed by atoms with van der Waals surface area (Å²) >= 11 is 0. The van der Waals surface area contributed by atoms with Gasteiger partial charge < -0.3 is 10.1 Å². The topological polar surface area (TPSA) is 136 Å². The zero-order chi connectivity index (χ0) is 27.8. The first kappa shape index (κ1) is 25.7. The maximum Gasteiger partial charge on any atom is 0.262 e. The van der Waals surface area contributed by atoms with Crippen molar-refractivity contribution in [2.24, 2.45) is 5.92 Å². The summed E-state index contributed by atoms with van der Waals surface area (Å²) < 4.78 is 7.21. The number of carbonyl (C=O) groups is 4. The third-order valence-electron chi connectivity index (χ3n) is 8.01. The molecule has 0 radical (unpaired) electrons. The van der Waals surface area contributed by atoms with Crippen molar-refractivity contribution in [3.8, 4) is 17.0 Å². The van der Waals surface area contributed by atoms with Gasteiger partial charge in [-0.25, -0.2) is 0 Å². The van der Waals surface area contributed by atoms with Crippen molar-refractivity contribution >= 4 is 29.3 Å². The van der Waals surface area contributed by atoms with Gasteiger partial charge in [0.25, 0.3) is 11.8 Å². The maximum absolute atomic E-state index is 13.0. The normalized spacial score (nSPS) is 22.1. The Kier molecular flexibility index (Phi) is 6.79. The number of nitrogens with zero attached hydrogens (tertiary/aromatic N) is 4. The van der Waals surface area contributed by atoms with Crippen LogP contribution < -0.4 is 15.4 Å². The molecule has 2 fully saturated rings. The molecule has 206 valence electrons. The first-order chi connectivity index (χ1) is 19.4. The number of pyridine rings is 1. The number of rotatable bonds is 9. The van der Waals surface area contributed by atoms with Gasteiger partial charge >= 0.3 is 0 Å². The molecular weight excluding hydrogens is 512 g/mol. The second kappa shape index (κ2) is 10.6. The van der Waals surface area contributed by atoms with Crippen LogP contribution >= 0.6 is 0 Å². The lowest BCUT2D eigenvalue weighted by atomic mass is 9.77. The monoisotopic (exact) mass is 542 g/mol. The second-order valence-electron chi connectivity index (χ2n) is 10.6. The van der Waals surface area contributed by atoms with Crippen LogP contribution in [0.25, 0.3) is 11.3 Å². The van der Waals surface area contributed by atoms with Crippen molar-refractivity contribution < 1.29 is 23.9 Å². The highest BCUT2D eigenvalue weighted by Gasteiger charge is 2.44. The molecule has 3 aliphatic rings. The molecule has 2 N–H and O–H groups in total. The molecule has 2 aromatic heterocycles. The average molecular weight is 543 g/mol. The van der Waals surface area contributed by atoms with E-state index >= 15 is 0 Å². The third-order valence-corrected chi connectivity index (χ3v) is 8.01. The van der Waals surface area contributed by atoms with Crippen LogP contribution in [0.2, 0.25) is 0 Å². The number of nitrogens with one attached hydrogen (secondary N) is 2. The van der Waals surface area contributed by atoms with Gasteiger partial charge in [0, 0.05) is 30.4 Å². The predicted molar refractivity (Wildman–Crippen MR) is 145 cm³/mol. The minimum absolute atomic E-state index is 0.0997. The Hall–Kier alpha value is -4.54. The van der Waals surface area contributed by atoms with Gasteiger partial charge in [-0.2, -0.15) is 5.10 Å². The van der Waals surface area contributed by atoms with E-state index in [0.29, 0.717) is 12.0 Å². The van der Waals surface area contributed by atoms with E-state index in [2.05, 4.69) is 26.9 Å². The van der Waals surface area contributed by atoms with E-state index in [1.165, 1.54) is 0 Å². The van der Waals surface area contributed by atoms with E-state index in [9.17, 15) is 19.2 Å². The number of piperidine rings is 1. The molecule has 0 spiro atoms. The summed E-state index contributed by atoms with van der Waals surface area (Å²) in [5.74, 6) is -0.624. The Labute approximate surface area is 230 Å². The van der Waals surface area contributed by atoms with Crippen molar-refractivity contribution in [1.29, 1.82) is 0 Å². The van der Waals surface area contributed by atoms with Crippen LogP contribution in [0, 0.1) is 5.92 Å². The van der Waals surface area contributed by atoms with E-state index < -0.39 is 23.8 Å². The zero-order valence-electron chi connectivity index (χ0n) is 22.1. The molecule has 1 aromatic carbocycles. The molecule has 0 bridgehead atoms. The summed E-state index contributed by atoms with van der Waals surface area (Å²) in [6, 6.07) is 8.35. The van der Waals surface area contributed by atoms with Crippen molar-refractivity contribution in [2.75, 3.05) is 19.0 Å². The van der Waals surface area contributed by atoms with Crippen molar-refractivity contribution in [3.05, 3.63) is 60.0 Å². The number of anilines is 1. The van der Waals surface area contributed by atoms with Crippen LogP contribution in [-0.4, -0.2) is 63.0 Å². The van der Waals surface area contributed by atoms with E-state index in [-0.39, 0.29) is 29.9 Å². The van der Waals surface area contributed by atoms with E-state index in [1.54, 1.807) is 31.5 Å². The highest BCUT2D eigenvalue weighted by atomic mass is 16.5. The summed E-state index contributed by atoms with van der Waals surface area (Å²) in [4.78, 5) is 55.0. The number of hydrogen-bond acceptors (Lipinski definition) is 8. The van der Waals surface area contributed by atoms with E-state index in [4.69, 9.17) is 4.74 Å². The number of hydrogen-bond donors (Lipinski definition) is 2. The quantitative estimate of drug-likeness (QED) is 0.311. The lowest BCUT2D eigenvalue weighted by Crippen LogP contribution is -2.54. The number of aromatic nitrogens is 3. The second-order valence-corrected chi connectivity index (χ2v) is 10.6. The van der Waals surface area contributed by atoms with Crippen LogP contribution in [0.3, 0.4) is 0 Å². The number of amides is 4. The van der Waals surface area contributed by atoms with Crippen molar-refractivity contribution in [3.63, 3.8) is 0 Å². The molecule has 1 atom stereocenters. The van der Waals surface area contributed by atoms with Crippen LogP contribution in [-0.2, 0) is 9.59 Å². The predicted octanol–water partition coefficient (Wildman–Crippen LogP) is 3.20. The highest BCUT2D eigenvalue weighted by molar-refractivity contribution is 6.23. The summed E-state index contributed by atoms with van der Waals surface area (Å²) in [6.45, 7) is 0.744. The van der Waals surface area contributed by atoms with Gasteiger partial charge in [0.2, 0.25) is 11.8 Å². The molecule has 40 heavy (non-hydrogen) atoms. The Morgan fingerprint density at radius 1 is 1.05 bits per heavy atom. The molecule has 11 heteroatoms. The fraction of sp³-hybridized carbons (Fsp3) is 0.379. The van der Waals surface area contributed by atoms with Gasteiger partial charge in [-0.15, -0.1) is 0 Å². The molecule has 1 unspecified atom stereocenters. The molecule has 2 aliphatic heterocycles. The van der Waals surface area contributed by atoms with E-state index in [0.717, 1.165) is 59.8 Å². The maximum atomic E-state index is 13.0. The lowest BCUT2D eigenvalue weighted by molar-refractivity contribution is -0.136. The van der Waals surface area contributed by atoms with Gasteiger partial charge in [0.15, 0.2) is 0 Å². The largest absolute Gasteiger partial charge is 0.495 e. The molecule has 6 rings (SSSR count). The van der Waals surface area contributed by atoms with Gasteiger partial charge in [0.1, 0.15) is 11.8 Å². The highest BCUT2D eigenvalue weighted by Crippen LogP contribution is 2.40. The Bertz CT molecular complexity index is 1480. The van der Waals surface area contributed by atoms with Gasteiger partial charge in [-0.05, 0) is 68.4 Å². The number of fused-ring (bicyclic) bond motifs is 1. The molecule has 1 saturated heterocycles. The Morgan fingerprint density at radius 3 is 2.62 bits per heavy atom. The first-order valence-electron chi connectivity index (χ1n) is 13.6. The smallest absolute Gasteiger partial charge is 0.262 e. The van der Waals surface area contributed by atoms with Crippen molar-refractivity contribution in [2.45, 2.75) is 50.6 Å². The number of methoxy groups -OCH3 is 1. The third kappa shape index (κ3) is 4.83. The molecular formula is C29H30N6O5. The van der Waals surface area contributed by atoms with Crippen LogP contribution in [0.15, 0.2) is 48.9 Å². The summed E-state index contributed by atoms with van der Waals surface area (Å²) in [5, 5.41) is 10.1. The summed E-state index contributed by atoms with van der Waals surface area (Å²) in [6.07, 6.45) is 10.1. The van der Waals surface area contributed by atoms with Crippen LogP contribution in [0.1, 0.15) is 65.3 Å². The minimum atomic E-state index is -0.958. The van der Waals surface area contributed by atoms with Gasteiger partial charge in [-0.3, -0.25) is 39.1 Å². The van der Waals surface area contributed by atoms with Crippen LogP contribution in [0.4, 0.5) is 5.69 Å². The average Bonchev–Trinajstić information content (AvgIpc) is 3.51. The lowest BCUT2D eigenvalue weighted by Gasteiger charge is -2.35. The molecule has 1 aliphatic carbocycles. The molecule has 3 aromatic rings. The van der Waals surface area contributed by atoms with Crippen molar-refractivity contribution in [1.82, 2.24) is 25.0 Å². The fourth-order valence-corrected chi connectivity index (χ4v) is 5.70. The summed E-state index contributed by atoms with van der Waals surface area (Å²) in [5.41, 5.74) is 3.18. The standard InChI is InChI=1S/C29H30N6O5/c1-40-21-5-7-24(31-15-21)18-14-32-34(16-18)20-11-17(12-20)3-2-10-30-19-4-6-22-23(13-19)29(39)35(28(22)38)25-8-9-26(36)33-27(25)37/h4-7,13-17,20,25,30H,2-3,8-12H2,1H3,(H,33,36,37). The summed E-state index contributed by atoms with van der Waals surface area (Å²) in [7, 11) is 1.62. The van der Waals surface area contributed by atoms with Gasteiger partial charge in [-0.1, -0.05) is 0 Å². The number of ether oxygens (including phenoxy) is 1. The first-order valence-corrected chi connectivity index (χ1v) is 13.6.